The van der Waals surface area contributed by atoms with Gasteiger partial charge in [-0.25, -0.2) is 8.42 Å². The van der Waals surface area contributed by atoms with Crippen LogP contribution >= 0.6 is 0 Å². The van der Waals surface area contributed by atoms with Crippen LogP contribution in [-0.4, -0.2) is 31.8 Å². The minimum Gasteiger partial charge on any atom is -0.490 e. The first-order valence-electron chi connectivity index (χ1n) is 7.02. The number of ether oxygens (including phenoxy) is 1. The molecule has 1 heterocycles. The molecule has 0 aromatic heterocycles. The van der Waals surface area contributed by atoms with Crippen molar-refractivity contribution < 1.29 is 17.9 Å². The van der Waals surface area contributed by atoms with Gasteiger partial charge in [0.25, 0.3) is 0 Å². The van der Waals surface area contributed by atoms with Crippen LogP contribution in [-0.2, 0) is 9.84 Å². The van der Waals surface area contributed by atoms with Crippen molar-refractivity contribution in [2.45, 2.75) is 31.8 Å². The summed E-state index contributed by atoms with van der Waals surface area (Å²) in [7, 11) is -2.92. The number of ketones is 1. The number of hydrogen-bond donors (Lipinski definition) is 0. The molecule has 0 amide bonds. The maximum absolute atomic E-state index is 12.2. The smallest absolute Gasteiger partial charge is 0.163 e. The summed E-state index contributed by atoms with van der Waals surface area (Å²) in [5.41, 5.74) is 0.618. The van der Waals surface area contributed by atoms with E-state index in [9.17, 15) is 13.2 Å². The highest BCUT2D eigenvalue weighted by molar-refractivity contribution is 7.91. The van der Waals surface area contributed by atoms with Crippen LogP contribution in [0.2, 0.25) is 0 Å². The number of sulfone groups is 1. The average molecular weight is 294 g/mol. The van der Waals surface area contributed by atoms with Crippen molar-refractivity contribution in [1.29, 1.82) is 0 Å². The summed E-state index contributed by atoms with van der Waals surface area (Å²) < 4.78 is 28.5. The van der Waals surface area contributed by atoms with Gasteiger partial charge in [-0.05, 0) is 37.3 Å². The third kappa shape index (κ3) is 3.39. The van der Waals surface area contributed by atoms with Crippen LogP contribution < -0.4 is 4.74 Å². The molecule has 1 unspecified atom stereocenters. The fourth-order valence-electron chi connectivity index (χ4n) is 2.53. The fourth-order valence-corrected chi connectivity index (χ4v) is 4.40. The van der Waals surface area contributed by atoms with Gasteiger partial charge >= 0.3 is 0 Å². The second kappa shape index (κ2) is 5.20. The van der Waals surface area contributed by atoms with Gasteiger partial charge in [-0.2, -0.15) is 0 Å². The van der Waals surface area contributed by atoms with Crippen molar-refractivity contribution in [3.8, 4) is 5.75 Å². The van der Waals surface area contributed by atoms with Crippen LogP contribution in [0.3, 0.4) is 0 Å². The Hall–Kier alpha value is -1.36. The summed E-state index contributed by atoms with van der Waals surface area (Å²) >= 11 is 0. The van der Waals surface area contributed by atoms with Gasteiger partial charge in [0, 0.05) is 12.0 Å². The number of benzene rings is 1. The molecule has 2 aliphatic rings. The predicted molar refractivity (Wildman–Crippen MR) is 75.8 cm³/mol. The van der Waals surface area contributed by atoms with Gasteiger partial charge < -0.3 is 4.74 Å². The van der Waals surface area contributed by atoms with Crippen molar-refractivity contribution in [3.05, 3.63) is 29.8 Å². The Morgan fingerprint density at radius 1 is 1.25 bits per heavy atom. The van der Waals surface area contributed by atoms with E-state index in [2.05, 4.69) is 0 Å². The summed E-state index contributed by atoms with van der Waals surface area (Å²) in [5.74, 6) is 1.08. The molecule has 1 aliphatic heterocycles. The van der Waals surface area contributed by atoms with E-state index in [4.69, 9.17) is 4.74 Å². The van der Waals surface area contributed by atoms with Gasteiger partial charge in [0.2, 0.25) is 0 Å². The summed E-state index contributed by atoms with van der Waals surface area (Å²) in [6, 6.07) is 7.21. The molecule has 5 heteroatoms. The lowest BCUT2D eigenvalue weighted by molar-refractivity contribution is 0.0965. The second-order valence-corrected chi connectivity index (χ2v) is 7.97. The molecule has 1 aromatic rings. The van der Waals surface area contributed by atoms with E-state index in [0.29, 0.717) is 24.5 Å². The molecule has 1 saturated heterocycles. The van der Waals surface area contributed by atoms with Crippen molar-refractivity contribution in [2.75, 3.05) is 11.5 Å². The first-order chi connectivity index (χ1) is 9.52. The highest BCUT2D eigenvalue weighted by Gasteiger charge is 2.29. The predicted octanol–water partition coefficient (Wildman–Crippen LogP) is 2.24. The van der Waals surface area contributed by atoms with E-state index >= 15 is 0 Å². The number of Topliss-reactive ketones (excluding diaryl/α,β-unsaturated/α-hetero) is 1. The maximum atomic E-state index is 12.2. The lowest BCUT2D eigenvalue weighted by Crippen LogP contribution is -2.11. The van der Waals surface area contributed by atoms with Crippen LogP contribution in [0.5, 0.6) is 5.75 Å². The van der Waals surface area contributed by atoms with Gasteiger partial charge in [-0.3, -0.25) is 4.79 Å². The van der Waals surface area contributed by atoms with Crippen LogP contribution in [0.1, 0.15) is 36.0 Å². The van der Waals surface area contributed by atoms with E-state index in [1.807, 2.05) is 12.1 Å². The van der Waals surface area contributed by atoms with Gasteiger partial charge in [0.05, 0.1) is 17.6 Å². The molecule has 1 aromatic carbocycles. The summed E-state index contributed by atoms with van der Waals surface area (Å²) in [6.07, 6.45) is 3.38. The normalized spacial score (nSPS) is 24.5. The van der Waals surface area contributed by atoms with Crippen LogP contribution in [0.15, 0.2) is 24.3 Å². The van der Waals surface area contributed by atoms with Crippen molar-refractivity contribution in [3.63, 3.8) is 0 Å². The number of carbonyl (C=O) groups is 1. The Morgan fingerprint density at radius 2 is 2.05 bits per heavy atom. The molecule has 0 radical (unpaired) electrons. The fraction of sp³-hybridized carbons (Fsp3) is 0.533. The van der Waals surface area contributed by atoms with Crippen LogP contribution in [0.4, 0.5) is 0 Å². The van der Waals surface area contributed by atoms with Crippen molar-refractivity contribution in [2.24, 2.45) is 5.92 Å². The molecule has 0 bridgehead atoms. The Labute approximate surface area is 119 Å². The molecule has 20 heavy (non-hydrogen) atoms. The second-order valence-electron chi connectivity index (χ2n) is 5.74. The zero-order chi connectivity index (χ0) is 14.2. The quantitative estimate of drug-likeness (QED) is 0.781. The Balaban J connectivity index is 1.64. The number of hydrogen-bond acceptors (Lipinski definition) is 4. The first kappa shape index (κ1) is 13.6. The van der Waals surface area contributed by atoms with Gasteiger partial charge in [-0.15, -0.1) is 0 Å². The summed E-state index contributed by atoms with van der Waals surface area (Å²) in [6.45, 7) is 0. The van der Waals surface area contributed by atoms with Gasteiger partial charge in [-0.1, -0.05) is 12.1 Å². The topological polar surface area (TPSA) is 60.4 Å². The zero-order valence-corrected chi connectivity index (χ0v) is 12.1. The molecule has 108 valence electrons. The van der Waals surface area contributed by atoms with Crippen LogP contribution in [0, 0.1) is 5.92 Å². The molecule has 0 spiro atoms. The first-order valence-corrected chi connectivity index (χ1v) is 8.84. The molecular formula is C15H18O4S. The van der Waals surface area contributed by atoms with Gasteiger partial charge in [0.1, 0.15) is 5.75 Å². The molecule has 3 rings (SSSR count). The molecule has 0 N–H and O–H groups in total. The summed E-state index contributed by atoms with van der Waals surface area (Å²) in [5, 5.41) is 0. The molecule has 1 aliphatic carbocycles. The highest BCUT2D eigenvalue weighted by Crippen LogP contribution is 2.28. The van der Waals surface area contributed by atoms with E-state index in [1.54, 1.807) is 12.1 Å². The Kier molecular flexibility index (Phi) is 3.54. The SMILES string of the molecule is O=C(CC1CCS(=O)(=O)C1)c1cccc(OC2CC2)c1. The molecule has 2 fully saturated rings. The van der Waals surface area contributed by atoms with E-state index < -0.39 is 9.84 Å². The Morgan fingerprint density at radius 3 is 2.70 bits per heavy atom. The monoisotopic (exact) mass is 294 g/mol. The maximum Gasteiger partial charge on any atom is 0.163 e. The van der Waals surface area contributed by atoms with E-state index in [-0.39, 0.29) is 23.2 Å². The van der Waals surface area contributed by atoms with Crippen molar-refractivity contribution >= 4 is 15.6 Å². The number of carbonyl (C=O) groups excluding carboxylic acids is 1. The van der Waals surface area contributed by atoms with Gasteiger partial charge in [0.15, 0.2) is 15.6 Å². The third-order valence-electron chi connectivity index (χ3n) is 3.78. The molecule has 1 atom stereocenters. The average Bonchev–Trinajstić information content (AvgIpc) is 3.14. The lowest BCUT2D eigenvalue weighted by atomic mass is 9.98. The van der Waals surface area contributed by atoms with E-state index in [1.165, 1.54) is 0 Å². The molecular weight excluding hydrogens is 276 g/mol. The highest BCUT2D eigenvalue weighted by atomic mass is 32.2. The standard InChI is InChI=1S/C15H18O4S/c16-15(8-11-6-7-20(17,18)10-11)12-2-1-3-14(9-12)19-13-4-5-13/h1-3,9,11,13H,4-8,10H2. The largest absolute Gasteiger partial charge is 0.490 e. The summed E-state index contributed by atoms with van der Waals surface area (Å²) in [4.78, 5) is 12.2. The minimum absolute atomic E-state index is 0.00773. The third-order valence-corrected chi connectivity index (χ3v) is 5.62. The molecule has 1 saturated carbocycles. The lowest BCUT2D eigenvalue weighted by Gasteiger charge is -2.09. The minimum atomic E-state index is -2.92. The number of rotatable bonds is 5. The zero-order valence-electron chi connectivity index (χ0n) is 11.2. The van der Waals surface area contributed by atoms with Crippen LogP contribution in [0.25, 0.3) is 0 Å². The molecule has 4 nitrogen and oxygen atoms in total. The van der Waals surface area contributed by atoms with Crippen molar-refractivity contribution in [1.82, 2.24) is 0 Å². The Bertz CT molecular complexity index is 617. The van der Waals surface area contributed by atoms with E-state index in [0.717, 1.165) is 18.6 Å².